The summed E-state index contributed by atoms with van der Waals surface area (Å²) in [7, 11) is 0. The molecule has 2 aromatic rings. The van der Waals surface area contributed by atoms with Gasteiger partial charge < -0.3 is 5.11 Å². The fourth-order valence-corrected chi connectivity index (χ4v) is 3.02. The molecule has 0 fully saturated rings. The lowest BCUT2D eigenvalue weighted by molar-refractivity contribution is 0.272. The highest BCUT2D eigenvalue weighted by atomic mass is 16.3. The maximum atomic E-state index is 10.5. The first-order valence-corrected chi connectivity index (χ1v) is 8.35. The standard InChI is InChI=1S/C19H24N4O/c1-4-6-15(5-2)12-22-10-9-16-17(13-22)21-23(19(16)24)18-8-7-14(3)11-20-18/h4-8,11,24H,9-10,12-13H2,1-3H3/b6-4-,15-5+. The van der Waals surface area contributed by atoms with Gasteiger partial charge in [-0.1, -0.05) is 24.3 Å². The third kappa shape index (κ3) is 3.26. The van der Waals surface area contributed by atoms with Crippen LogP contribution < -0.4 is 0 Å². The van der Waals surface area contributed by atoms with Gasteiger partial charge in [0.25, 0.3) is 0 Å². The van der Waals surface area contributed by atoms with Crippen LogP contribution >= 0.6 is 0 Å². The van der Waals surface area contributed by atoms with E-state index in [0.29, 0.717) is 5.82 Å². The molecule has 24 heavy (non-hydrogen) atoms. The van der Waals surface area contributed by atoms with Gasteiger partial charge in [-0.15, -0.1) is 0 Å². The van der Waals surface area contributed by atoms with Crippen molar-refractivity contribution >= 4 is 0 Å². The average Bonchev–Trinajstić information content (AvgIpc) is 2.91. The molecule has 3 heterocycles. The minimum atomic E-state index is 0.223. The van der Waals surface area contributed by atoms with Gasteiger partial charge in [-0.3, -0.25) is 4.90 Å². The van der Waals surface area contributed by atoms with E-state index in [4.69, 9.17) is 0 Å². The molecule has 0 bridgehead atoms. The molecule has 0 radical (unpaired) electrons. The molecule has 1 N–H and O–H groups in total. The molecule has 5 heteroatoms. The van der Waals surface area contributed by atoms with E-state index < -0.39 is 0 Å². The Labute approximate surface area is 142 Å². The topological polar surface area (TPSA) is 54.2 Å². The Hall–Kier alpha value is -2.40. The van der Waals surface area contributed by atoms with Crippen molar-refractivity contribution in [3.63, 3.8) is 0 Å². The number of pyridine rings is 1. The normalized spacial score (nSPS) is 15.9. The fraction of sp³-hybridized carbons (Fsp3) is 0.368. The second-order valence-corrected chi connectivity index (χ2v) is 6.18. The summed E-state index contributed by atoms with van der Waals surface area (Å²) in [6.45, 7) is 8.66. The van der Waals surface area contributed by atoms with Crippen LogP contribution in [0.2, 0.25) is 0 Å². The van der Waals surface area contributed by atoms with Crippen molar-refractivity contribution in [2.45, 2.75) is 33.7 Å². The van der Waals surface area contributed by atoms with Crippen LogP contribution in [0.4, 0.5) is 0 Å². The zero-order chi connectivity index (χ0) is 17.1. The number of hydrogen-bond donors (Lipinski definition) is 1. The zero-order valence-corrected chi connectivity index (χ0v) is 14.5. The number of allylic oxidation sites excluding steroid dienone is 2. The first-order valence-electron chi connectivity index (χ1n) is 8.35. The highest BCUT2D eigenvalue weighted by Gasteiger charge is 2.25. The van der Waals surface area contributed by atoms with Gasteiger partial charge in [0.2, 0.25) is 5.88 Å². The Morgan fingerprint density at radius 2 is 2.17 bits per heavy atom. The molecule has 0 amide bonds. The molecular weight excluding hydrogens is 300 g/mol. The van der Waals surface area contributed by atoms with Crippen molar-refractivity contribution in [2.24, 2.45) is 0 Å². The monoisotopic (exact) mass is 324 g/mol. The lowest BCUT2D eigenvalue weighted by Crippen LogP contribution is -2.31. The molecule has 3 rings (SSSR count). The van der Waals surface area contributed by atoms with E-state index in [-0.39, 0.29) is 5.88 Å². The third-order valence-corrected chi connectivity index (χ3v) is 4.36. The van der Waals surface area contributed by atoms with Crippen molar-refractivity contribution in [2.75, 3.05) is 13.1 Å². The number of aromatic hydroxyl groups is 1. The number of aromatic nitrogens is 3. The Kier molecular flexibility index (Phi) is 4.81. The van der Waals surface area contributed by atoms with E-state index in [9.17, 15) is 5.11 Å². The van der Waals surface area contributed by atoms with Crippen LogP contribution in [0.5, 0.6) is 5.88 Å². The Morgan fingerprint density at radius 3 is 2.83 bits per heavy atom. The van der Waals surface area contributed by atoms with Gasteiger partial charge in [-0.05, 0) is 44.4 Å². The van der Waals surface area contributed by atoms with E-state index >= 15 is 0 Å². The minimum absolute atomic E-state index is 0.223. The van der Waals surface area contributed by atoms with Gasteiger partial charge in [-0.25, -0.2) is 4.98 Å². The molecule has 0 aromatic carbocycles. The summed E-state index contributed by atoms with van der Waals surface area (Å²) in [6.07, 6.45) is 8.94. The third-order valence-electron chi connectivity index (χ3n) is 4.36. The summed E-state index contributed by atoms with van der Waals surface area (Å²) in [6, 6.07) is 3.86. The highest BCUT2D eigenvalue weighted by molar-refractivity contribution is 5.39. The quantitative estimate of drug-likeness (QED) is 0.878. The van der Waals surface area contributed by atoms with E-state index in [2.05, 4.69) is 40.1 Å². The molecule has 0 saturated heterocycles. The SMILES string of the molecule is C/C=C\C(=C/C)CN1CCc2c(nn(-c3ccc(C)cn3)c2O)C1. The predicted molar refractivity (Wildman–Crippen MR) is 95.3 cm³/mol. The van der Waals surface area contributed by atoms with Crippen molar-refractivity contribution in [3.05, 3.63) is 59.0 Å². The van der Waals surface area contributed by atoms with Gasteiger partial charge in [0.15, 0.2) is 5.82 Å². The molecule has 0 aliphatic carbocycles. The number of nitrogens with zero attached hydrogens (tertiary/aromatic N) is 4. The van der Waals surface area contributed by atoms with E-state index in [1.807, 2.05) is 26.0 Å². The van der Waals surface area contributed by atoms with E-state index in [1.54, 1.807) is 10.9 Å². The van der Waals surface area contributed by atoms with Gasteiger partial charge in [0.1, 0.15) is 0 Å². The summed E-state index contributed by atoms with van der Waals surface area (Å²) >= 11 is 0. The summed E-state index contributed by atoms with van der Waals surface area (Å²) in [4.78, 5) is 6.72. The van der Waals surface area contributed by atoms with Crippen molar-refractivity contribution in [1.82, 2.24) is 19.7 Å². The van der Waals surface area contributed by atoms with Crippen LogP contribution in [-0.4, -0.2) is 37.9 Å². The van der Waals surface area contributed by atoms with Gasteiger partial charge in [0.05, 0.1) is 5.69 Å². The lowest BCUT2D eigenvalue weighted by Gasteiger charge is -2.26. The van der Waals surface area contributed by atoms with Crippen LogP contribution in [0.3, 0.4) is 0 Å². The Bertz CT molecular complexity index is 771. The van der Waals surface area contributed by atoms with Crippen LogP contribution in [0.15, 0.2) is 42.1 Å². The fourth-order valence-electron chi connectivity index (χ4n) is 3.02. The van der Waals surface area contributed by atoms with Crippen LogP contribution in [0, 0.1) is 6.92 Å². The first-order chi connectivity index (χ1) is 11.6. The van der Waals surface area contributed by atoms with Gasteiger partial charge in [0, 0.05) is 31.4 Å². The molecular formula is C19H24N4O. The number of aryl methyl sites for hydroxylation is 1. The molecule has 126 valence electrons. The van der Waals surface area contributed by atoms with Crippen molar-refractivity contribution in [1.29, 1.82) is 0 Å². The van der Waals surface area contributed by atoms with Gasteiger partial charge in [-0.2, -0.15) is 9.78 Å². The van der Waals surface area contributed by atoms with Crippen LogP contribution in [0.25, 0.3) is 5.82 Å². The summed E-state index contributed by atoms with van der Waals surface area (Å²) in [5.41, 5.74) is 4.27. The zero-order valence-electron chi connectivity index (χ0n) is 14.5. The molecule has 0 unspecified atom stereocenters. The smallest absolute Gasteiger partial charge is 0.219 e. The molecule has 5 nitrogen and oxygen atoms in total. The minimum Gasteiger partial charge on any atom is -0.493 e. The molecule has 0 atom stereocenters. The molecule has 2 aromatic heterocycles. The maximum Gasteiger partial charge on any atom is 0.219 e. The Balaban J connectivity index is 1.83. The number of rotatable bonds is 4. The second kappa shape index (κ2) is 7.01. The molecule has 0 spiro atoms. The van der Waals surface area contributed by atoms with E-state index in [1.165, 1.54) is 5.57 Å². The van der Waals surface area contributed by atoms with E-state index in [0.717, 1.165) is 42.9 Å². The highest BCUT2D eigenvalue weighted by Crippen LogP contribution is 2.29. The number of fused-ring (bicyclic) bond motifs is 1. The second-order valence-electron chi connectivity index (χ2n) is 6.18. The average molecular weight is 324 g/mol. The first kappa shape index (κ1) is 16.5. The van der Waals surface area contributed by atoms with Crippen molar-refractivity contribution < 1.29 is 5.11 Å². The Morgan fingerprint density at radius 1 is 1.33 bits per heavy atom. The molecule has 0 saturated carbocycles. The number of hydrogen-bond acceptors (Lipinski definition) is 4. The van der Waals surface area contributed by atoms with Crippen LogP contribution in [-0.2, 0) is 13.0 Å². The van der Waals surface area contributed by atoms with Crippen LogP contribution in [0.1, 0.15) is 30.7 Å². The van der Waals surface area contributed by atoms with Crippen molar-refractivity contribution in [3.8, 4) is 11.7 Å². The maximum absolute atomic E-state index is 10.5. The lowest BCUT2D eigenvalue weighted by atomic mass is 10.1. The summed E-state index contributed by atoms with van der Waals surface area (Å²) in [5, 5.41) is 15.1. The largest absolute Gasteiger partial charge is 0.493 e. The molecule has 1 aliphatic heterocycles. The summed E-state index contributed by atoms with van der Waals surface area (Å²) < 4.78 is 1.55. The molecule has 1 aliphatic rings. The van der Waals surface area contributed by atoms with Gasteiger partial charge >= 0.3 is 0 Å². The predicted octanol–water partition coefficient (Wildman–Crippen LogP) is 3.16. The summed E-state index contributed by atoms with van der Waals surface area (Å²) in [5.74, 6) is 0.878.